The number of ether oxygens (including phenoxy) is 2. The number of carbonyl (C=O) groups is 1. The molecule has 0 saturated heterocycles. The number of allylic oxidation sites excluding steroid dienone is 1. The molecule has 128 valence electrons. The van der Waals surface area contributed by atoms with E-state index in [1.54, 1.807) is 0 Å². The molecule has 0 atom stereocenters. The van der Waals surface area contributed by atoms with Crippen LogP contribution in [0, 0.1) is 11.3 Å². The maximum Gasteiger partial charge on any atom is 0.387 e. The van der Waals surface area contributed by atoms with Crippen LogP contribution in [0.3, 0.4) is 0 Å². The van der Waals surface area contributed by atoms with Crippen LogP contribution >= 0.6 is 11.6 Å². The molecule has 25 heavy (non-hydrogen) atoms. The van der Waals surface area contributed by atoms with Gasteiger partial charge in [-0.25, -0.2) is 0 Å². The molecule has 0 aliphatic carbocycles. The molecule has 2 rings (SSSR count). The molecule has 0 aliphatic rings. The van der Waals surface area contributed by atoms with Crippen LogP contribution in [0.2, 0.25) is 5.02 Å². The Kier molecular flexibility index (Phi) is 6.09. The van der Waals surface area contributed by atoms with E-state index in [4.69, 9.17) is 16.3 Å². The van der Waals surface area contributed by atoms with E-state index < -0.39 is 12.4 Å². The molecular weight excluding hydrogens is 352 g/mol. The Hall–Kier alpha value is -2.91. The Labute approximate surface area is 147 Å². The average molecular weight is 364 g/mol. The van der Waals surface area contributed by atoms with E-state index in [9.17, 15) is 18.8 Å². The largest absolute Gasteiger partial charge is 0.493 e. The minimum Gasteiger partial charge on any atom is -0.493 e. The fourth-order valence-corrected chi connectivity index (χ4v) is 2.17. The lowest BCUT2D eigenvalue weighted by molar-refractivity contribution is -0.0512. The van der Waals surface area contributed by atoms with Crippen molar-refractivity contribution in [2.75, 3.05) is 7.11 Å². The van der Waals surface area contributed by atoms with Crippen LogP contribution in [-0.4, -0.2) is 19.5 Å². The number of rotatable bonds is 6. The first-order chi connectivity index (χ1) is 11.9. The first kappa shape index (κ1) is 18.4. The molecule has 2 aromatic carbocycles. The van der Waals surface area contributed by atoms with E-state index in [2.05, 4.69) is 4.74 Å². The monoisotopic (exact) mass is 363 g/mol. The number of benzene rings is 2. The van der Waals surface area contributed by atoms with E-state index in [0.29, 0.717) is 10.6 Å². The highest BCUT2D eigenvalue weighted by molar-refractivity contribution is 6.30. The number of Topliss-reactive ketones (excluding diaryl/α,β-unsaturated/α-hetero) is 1. The van der Waals surface area contributed by atoms with Crippen molar-refractivity contribution in [1.82, 2.24) is 0 Å². The molecule has 0 heterocycles. The summed E-state index contributed by atoms with van der Waals surface area (Å²) in [5.41, 5.74) is 0.473. The maximum atomic E-state index is 12.5. The number of halogens is 3. The van der Waals surface area contributed by atoms with Crippen molar-refractivity contribution < 1.29 is 23.0 Å². The lowest BCUT2D eigenvalue weighted by Gasteiger charge is -2.10. The molecular formula is C18H12ClF2NO3. The summed E-state index contributed by atoms with van der Waals surface area (Å²) in [6.07, 6.45) is 1.29. The first-order valence-corrected chi connectivity index (χ1v) is 7.37. The highest BCUT2D eigenvalue weighted by Crippen LogP contribution is 2.30. The molecule has 0 saturated carbocycles. The maximum absolute atomic E-state index is 12.5. The Morgan fingerprint density at radius 3 is 2.44 bits per heavy atom. The van der Waals surface area contributed by atoms with Crippen LogP contribution in [0.25, 0.3) is 6.08 Å². The van der Waals surface area contributed by atoms with Crippen LogP contribution in [0.1, 0.15) is 15.9 Å². The molecule has 7 heteroatoms. The molecule has 0 unspecified atom stereocenters. The fourth-order valence-electron chi connectivity index (χ4n) is 2.04. The number of hydrogen-bond donors (Lipinski definition) is 0. The Balaban J connectivity index is 2.37. The predicted molar refractivity (Wildman–Crippen MR) is 89.0 cm³/mol. The molecule has 0 fully saturated rings. The Morgan fingerprint density at radius 1 is 1.20 bits per heavy atom. The second-order valence-corrected chi connectivity index (χ2v) is 5.23. The summed E-state index contributed by atoms with van der Waals surface area (Å²) in [7, 11) is 1.31. The number of nitrogens with zero attached hydrogens (tertiary/aromatic N) is 1. The highest BCUT2D eigenvalue weighted by Gasteiger charge is 2.14. The van der Waals surface area contributed by atoms with E-state index in [1.807, 2.05) is 6.07 Å². The molecule has 0 amide bonds. The topological polar surface area (TPSA) is 59.3 Å². The zero-order valence-electron chi connectivity index (χ0n) is 13.0. The van der Waals surface area contributed by atoms with Gasteiger partial charge in [0.05, 0.1) is 7.11 Å². The zero-order valence-corrected chi connectivity index (χ0v) is 13.8. The Bertz CT molecular complexity index is 842. The average Bonchev–Trinajstić information content (AvgIpc) is 2.59. The van der Waals surface area contributed by atoms with Gasteiger partial charge in [0.2, 0.25) is 5.78 Å². The van der Waals surface area contributed by atoms with Crippen molar-refractivity contribution in [2.45, 2.75) is 6.61 Å². The number of ketones is 1. The highest BCUT2D eigenvalue weighted by atomic mass is 35.5. The van der Waals surface area contributed by atoms with Gasteiger partial charge in [0, 0.05) is 10.6 Å². The minimum absolute atomic E-state index is 0.111. The van der Waals surface area contributed by atoms with Gasteiger partial charge in [-0.2, -0.15) is 14.0 Å². The summed E-state index contributed by atoms with van der Waals surface area (Å²) in [6, 6.07) is 12.1. The van der Waals surface area contributed by atoms with E-state index in [1.165, 1.54) is 55.7 Å². The van der Waals surface area contributed by atoms with Crippen molar-refractivity contribution in [1.29, 1.82) is 5.26 Å². The van der Waals surface area contributed by atoms with Gasteiger partial charge in [0.25, 0.3) is 0 Å². The van der Waals surface area contributed by atoms with Crippen molar-refractivity contribution >= 4 is 23.5 Å². The normalized spacial score (nSPS) is 11.1. The summed E-state index contributed by atoms with van der Waals surface area (Å²) < 4.78 is 34.3. The number of carbonyl (C=O) groups excluding carboxylic acids is 1. The Morgan fingerprint density at radius 2 is 1.88 bits per heavy atom. The van der Waals surface area contributed by atoms with Gasteiger partial charge < -0.3 is 9.47 Å². The standard InChI is InChI=1S/C18H12ClF2NO3/c1-24-15-7-2-11(9-16(15)25-18(20)21)8-13(10-22)17(23)12-3-5-14(19)6-4-12/h2-9,18H,1H3/b13-8+. The predicted octanol–water partition coefficient (Wildman–Crippen LogP) is 4.74. The van der Waals surface area contributed by atoms with Crippen molar-refractivity contribution in [3.05, 3.63) is 64.2 Å². The van der Waals surface area contributed by atoms with Gasteiger partial charge in [-0.3, -0.25) is 4.79 Å². The van der Waals surface area contributed by atoms with E-state index in [-0.39, 0.29) is 22.6 Å². The van der Waals surface area contributed by atoms with Gasteiger partial charge in [0.1, 0.15) is 11.6 Å². The molecule has 2 aromatic rings. The quantitative estimate of drug-likeness (QED) is 0.422. The third kappa shape index (κ3) is 4.78. The summed E-state index contributed by atoms with van der Waals surface area (Å²) >= 11 is 5.77. The minimum atomic E-state index is -3.03. The molecule has 0 aliphatic heterocycles. The lowest BCUT2D eigenvalue weighted by atomic mass is 10.0. The van der Waals surface area contributed by atoms with Crippen molar-refractivity contribution in [2.24, 2.45) is 0 Å². The van der Waals surface area contributed by atoms with Gasteiger partial charge in [-0.15, -0.1) is 0 Å². The lowest BCUT2D eigenvalue weighted by Crippen LogP contribution is -2.04. The van der Waals surface area contributed by atoms with Crippen LogP contribution in [0.15, 0.2) is 48.0 Å². The molecule has 0 bridgehead atoms. The molecule has 0 aromatic heterocycles. The van der Waals surface area contributed by atoms with Gasteiger partial charge in [-0.1, -0.05) is 17.7 Å². The molecule has 0 N–H and O–H groups in total. The number of methoxy groups -OCH3 is 1. The van der Waals surface area contributed by atoms with Crippen LogP contribution in [-0.2, 0) is 0 Å². The van der Waals surface area contributed by atoms with Gasteiger partial charge >= 0.3 is 6.61 Å². The molecule has 4 nitrogen and oxygen atoms in total. The fraction of sp³-hybridized carbons (Fsp3) is 0.111. The summed E-state index contributed by atoms with van der Waals surface area (Å²) in [5.74, 6) is -0.589. The second-order valence-electron chi connectivity index (χ2n) is 4.79. The summed E-state index contributed by atoms with van der Waals surface area (Å²) in [5, 5.41) is 9.71. The first-order valence-electron chi connectivity index (χ1n) is 6.99. The van der Waals surface area contributed by atoms with Crippen LogP contribution in [0.5, 0.6) is 11.5 Å². The number of hydrogen-bond acceptors (Lipinski definition) is 4. The zero-order chi connectivity index (χ0) is 18.4. The van der Waals surface area contributed by atoms with Crippen molar-refractivity contribution in [3.63, 3.8) is 0 Å². The third-order valence-electron chi connectivity index (χ3n) is 3.19. The molecule has 0 radical (unpaired) electrons. The van der Waals surface area contributed by atoms with Gasteiger partial charge in [0.15, 0.2) is 11.5 Å². The van der Waals surface area contributed by atoms with Crippen molar-refractivity contribution in [3.8, 4) is 17.6 Å². The van der Waals surface area contributed by atoms with E-state index in [0.717, 1.165) is 0 Å². The smallest absolute Gasteiger partial charge is 0.387 e. The van der Waals surface area contributed by atoms with Crippen LogP contribution < -0.4 is 9.47 Å². The van der Waals surface area contributed by atoms with Crippen LogP contribution in [0.4, 0.5) is 8.78 Å². The summed E-state index contributed by atoms with van der Waals surface area (Å²) in [4.78, 5) is 12.4. The summed E-state index contributed by atoms with van der Waals surface area (Å²) in [6.45, 7) is -3.03. The second kappa shape index (κ2) is 8.27. The third-order valence-corrected chi connectivity index (χ3v) is 3.44. The van der Waals surface area contributed by atoms with Gasteiger partial charge in [-0.05, 0) is 48.0 Å². The molecule has 0 spiro atoms. The number of alkyl halides is 2. The number of nitriles is 1. The van der Waals surface area contributed by atoms with E-state index >= 15 is 0 Å². The SMILES string of the molecule is COc1ccc(/C=C(\C#N)C(=O)c2ccc(Cl)cc2)cc1OC(F)F.